The number of rotatable bonds is 8. The van der Waals surface area contributed by atoms with Crippen LogP contribution >= 0.6 is 0 Å². The maximum atomic E-state index is 12.8. The smallest absolute Gasteiger partial charge is 0.312 e. The van der Waals surface area contributed by atoms with Gasteiger partial charge in [-0.05, 0) is 36.1 Å². The highest BCUT2D eigenvalue weighted by atomic mass is 19.3. The second-order valence-corrected chi connectivity index (χ2v) is 8.02. The van der Waals surface area contributed by atoms with Gasteiger partial charge in [0.05, 0.1) is 29.7 Å². The van der Waals surface area contributed by atoms with Gasteiger partial charge in [-0.3, -0.25) is 18.8 Å². The van der Waals surface area contributed by atoms with Crippen LogP contribution < -0.4 is 10.9 Å². The molecule has 1 N–H and O–H groups in total. The lowest BCUT2D eigenvalue weighted by Crippen LogP contribution is -2.24. The van der Waals surface area contributed by atoms with Gasteiger partial charge in [-0.1, -0.05) is 31.4 Å². The molecule has 0 atom stereocenters. The number of benzene rings is 1. The molecule has 1 aliphatic rings. The first-order chi connectivity index (χ1) is 15.9. The number of allylic oxidation sites excluding steroid dienone is 3. The van der Waals surface area contributed by atoms with Crippen molar-refractivity contribution in [1.82, 2.24) is 24.5 Å². The molecule has 0 bridgehead atoms. The molecule has 0 unspecified atom stereocenters. The van der Waals surface area contributed by atoms with Gasteiger partial charge in [0.2, 0.25) is 0 Å². The molecule has 0 aliphatic carbocycles. The third kappa shape index (κ3) is 4.68. The molecule has 7 nitrogen and oxygen atoms in total. The highest BCUT2D eigenvalue weighted by Gasteiger charge is 2.18. The molecule has 4 rings (SSSR count). The molecule has 1 aliphatic heterocycles. The van der Waals surface area contributed by atoms with E-state index in [1.165, 1.54) is 10.8 Å². The number of aromatic nitrogens is 4. The highest BCUT2D eigenvalue weighted by molar-refractivity contribution is 5.84. The minimum atomic E-state index is -2.74. The summed E-state index contributed by atoms with van der Waals surface area (Å²) in [6.45, 7) is 6.26. The third-order valence-corrected chi connectivity index (χ3v) is 5.97. The van der Waals surface area contributed by atoms with Crippen LogP contribution in [0.5, 0.6) is 0 Å². The van der Waals surface area contributed by atoms with E-state index in [0.717, 1.165) is 37.2 Å². The van der Waals surface area contributed by atoms with Crippen molar-refractivity contribution in [2.45, 2.75) is 32.0 Å². The number of halogens is 2. The summed E-state index contributed by atoms with van der Waals surface area (Å²) in [5, 5.41) is 7.11. The van der Waals surface area contributed by atoms with Crippen LogP contribution in [0.15, 0.2) is 72.0 Å². The van der Waals surface area contributed by atoms with Crippen LogP contribution in [0.25, 0.3) is 22.0 Å². The monoisotopic (exact) mass is 455 g/mol. The van der Waals surface area contributed by atoms with Crippen LogP contribution in [0.1, 0.15) is 18.9 Å². The minimum Gasteiger partial charge on any atom is -0.381 e. The molecule has 1 fully saturated rings. The van der Waals surface area contributed by atoms with Crippen LogP contribution in [0.3, 0.4) is 0 Å². The van der Waals surface area contributed by atoms with Crippen LogP contribution in [0.4, 0.5) is 8.78 Å². The first-order valence-electron chi connectivity index (χ1n) is 10.8. The van der Waals surface area contributed by atoms with E-state index in [4.69, 9.17) is 4.74 Å². The molecule has 0 saturated carbocycles. The Hall–Kier alpha value is -3.46. The average molecular weight is 456 g/mol. The summed E-state index contributed by atoms with van der Waals surface area (Å²) >= 11 is 0. The van der Waals surface area contributed by atoms with Crippen LogP contribution in [-0.2, 0) is 18.3 Å². The van der Waals surface area contributed by atoms with Crippen LogP contribution in [0, 0.1) is 0 Å². The lowest BCUT2D eigenvalue weighted by molar-refractivity contribution is 0.0662. The maximum absolute atomic E-state index is 12.8. The summed E-state index contributed by atoms with van der Waals surface area (Å²) in [5.41, 5.74) is 2.96. The SMILES string of the molecule is C=C/C=C(/Cn1c2cc(-c3cnn(C4CCOCC4)c3)ccc2c(=O)n1C)C(=C)NC(F)F. The fraction of sp³-hybridized carbons (Fsp3) is 0.333. The van der Waals surface area contributed by atoms with E-state index in [2.05, 4.69) is 18.3 Å². The number of hydrogen-bond donors (Lipinski definition) is 1. The van der Waals surface area contributed by atoms with E-state index < -0.39 is 6.55 Å². The number of hydrogen-bond acceptors (Lipinski definition) is 4. The quantitative estimate of drug-likeness (QED) is 0.412. The van der Waals surface area contributed by atoms with Gasteiger partial charge in [0.25, 0.3) is 5.56 Å². The number of nitrogens with one attached hydrogen (secondary N) is 1. The number of alkyl halides is 2. The van der Waals surface area contributed by atoms with Gasteiger partial charge >= 0.3 is 6.55 Å². The van der Waals surface area contributed by atoms with Crippen molar-refractivity contribution in [3.63, 3.8) is 0 Å². The summed E-state index contributed by atoms with van der Waals surface area (Å²) in [6, 6.07) is 5.93. The van der Waals surface area contributed by atoms with E-state index in [0.29, 0.717) is 22.5 Å². The van der Waals surface area contributed by atoms with Gasteiger partial charge in [-0.2, -0.15) is 13.9 Å². The first-order valence-corrected chi connectivity index (χ1v) is 10.8. The topological polar surface area (TPSA) is 66.0 Å². The fourth-order valence-electron chi connectivity index (χ4n) is 4.16. The number of ether oxygens (including phenoxy) is 1. The van der Waals surface area contributed by atoms with Crippen LogP contribution in [-0.4, -0.2) is 38.9 Å². The molecule has 3 aromatic rings. The van der Waals surface area contributed by atoms with Gasteiger partial charge in [-0.15, -0.1) is 0 Å². The van der Waals surface area contributed by atoms with E-state index in [9.17, 15) is 13.6 Å². The molecular weight excluding hydrogens is 428 g/mol. The lowest BCUT2D eigenvalue weighted by atomic mass is 10.1. The van der Waals surface area contributed by atoms with Crippen molar-refractivity contribution in [3.8, 4) is 11.1 Å². The summed E-state index contributed by atoms with van der Waals surface area (Å²) in [6.07, 6.45) is 8.80. The second kappa shape index (κ2) is 9.58. The van der Waals surface area contributed by atoms with Crippen molar-refractivity contribution in [2.75, 3.05) is 13.2 Å². The summed E-state index contributed by atoms with van der Waals surface area (Å²) in [7, 11) is 1.65. The Labute approximate surface area is 190 Å². The fourth-order valence-corrected chi connectivity index (χ4v) is 4.16. The molecule has 9 heteroatoms. The van der Waals surface area contributed by atoms with Crippen molar-refractivity contribution < 1.29 is 13.5 Å². The summed E-state index contributed by atoms with van der Waals surface area (Å²) in [4.78, 5) is 12.8. The molecule has 33 heavy (non-hydrogen) atoms. The van der Waals surface area contributed by atoms with Gasteiger partial charge in [0.15, 0.2) is 0 Å². The molecule has 0 amide bonds. The molecule has 2 aromatic heterocycles. The highest BCUT2D eigenvalue weighted by Crippen LogP contribution is 2.27. The van der Waals surface area contributed by atoms with Crippen molar-refractivity contribution in [3.05, 3.63) is 77.5 Å². The van der Waals surface area contributed by atoms with E-state index >= 15 is 0 Å². The summed E-state index contributed by atoms with van der Waals surface area (Å²) in [5.74, 6) is 0. The van der Waals surface area contributed by atoms with E-state index in [1.807, 2.05) is 34.5 Å². The van der Waals surface area contributed by atoms with Crippen molar-refractivity contribution in [2.24, 2.45) is 7.05 Å². The Bertz CT molecular complexity index is 1260. The Morgan fingerprint density at radius 3 is 2.79 bits per heavy atom. The Balaban J connectivity index is 1.70. The summed E-state index contributed by atoms with van der Waals surface area (Å²) < 4.78 is 36.3. The van der Waals surface area contributed by atoms with Gasteiger partial charge in [-0.25, -0.2) is 0 Å². The predicted molar refractivity (Wildman–Crippen MR) is 124 cm³/mol. The molecular formula is C24H27F2N5O2. The van der Waals surface area contributed by atoms with Crippen molar-refractivity contribution in [1.29, 1.82) is 0 Å². The zero-order valence-electron chi connectivity index (χ0n) is 18.5. The molecule has 3 heterocycles. The van der Waals surface area contributed by atoms with E-state index in [-0.39, 0.29) is 17.8 Å². The third-order valence-electron chi connectivity index (χ3n) is 5.97. The second-order valence-electron chi connectivity index (χ2n) is 8.02. The van der Waals surface area contributed by atoms with Crippen LogP contribution in [0.2, 0.25) is 0 Å². The zero-order chi connectivity index (χ0) is 23.5. The molecule has 0 radical (unpaired) electrons. The van der Waals surface area contributed by atoms with E-state index in [1.54, 1.807) is 23.9 Å². The number of fused-ring (bicyclic) bond motifs is 1. The Kier molecular flexibility index (Phi) is 6.60. The molecule has 1 aromatic carbocycles. The van der Waals surface area contributed by atoms with Gasteiger partial charge in [0.1, 0.15) is 0 Å². The Morgan fingerprint density at radius 1 is 1.33 bits per heavy atom. The largest absolute Gasteiger partial charge is 0.381 e. The molecule has 1 saturated heterocycles. The molecule has 0 spiro atoms. The average Bonchev–Trinajstić information content (AvgIpc) is 3.38. The molecule has 174 valence electrons. The first kappa shape index (κ1) is 22.7. The van der Waals surface area contributed by atoms with Crippen molar-refractivity contribution >= 4 is 10.9 Å². The van der Waals surface area contributed by atoms with Gasteiger partial charge < -0.3 is 10.1 Å². The lowest BCUT2D eigenvalue weighted by Gasteiger charge is -2.22. The maximum Gasteiger partial charge on any atom is 0.312 e. The predicted octanol–water partition coefficient (Wildman–Crippen LogP) is 3.99. The minimum absolute atomic E-state index is 0.0769. The Morgan fingerprint density at radius 2 is 2.09 bits per heavy atom. The normalized spacial score (nSPS) is 15.3. The zero-order valence-corrected chi connectivity index (χ0v) is 18.5. The standard InChI is InChI=1S/C24H27F2N5O2/c1-4-5-18(16(2)28-24(25)26)15-31-22-12-17(6-7-21(22)23(32)29(31)3)19-13-27-30(14-19)20-8-10-33-11-9-20/h4-7,12-14,20,24,28H,1-2,8-11,15H2,3H3/b18-5-. The number of nitrogens with zero attached hydrogens (tertiary/aromatic N) is 4. The van der Waals surface area contributed by atoms with Gasteiger partial charge in [0, 0.05) is 37.7 Å².